The average molecular weight is 438 g/mol. The summed E-state index contributed by atoms with van der Waals surface area (Å²) < 4.78 is 3.89. The van der Waals surface area contributed by atoms with Gasteiger partial charge in [-0.15, -0.1) is 10.2 Å². The van der Waals surface area contributed by atoms with Gasteiger partial charge in [0.15, 0.2) is 16.8 Å². The second-order valence-electron chi connectivity index (χ2n) is 6.87. The minimum atomic E-state index is 0.0133. The lowest BCUT2D eigenvalue weighted by Crippen LogP contribution is -2.11. The van der Waals surface area contributed by atoms with Crippen molar-refractivity contribution >= 4 is 29.1 Å². The number of hydrogen-bond acceptors (Lipinski definition) is 5. The van der Waals surface area contributed by atoms with Crippen molar-refractivity contribution in [1.82, 2.24) is 24.5 Å². The molecule has 0 spiro atoms. The van der Waals surface area contributed by atoms with E-state index in [2.05, 4.69) is 15.3 Å². The number of thioether (sulfide) groups is 1. The van der Waals surface area contributed by atoms with Crippen LogP contribution in [0.15, 0.2) is 65.8 Å². The van der Waals surface area contributed by atoms with Crippen molar-refractivity contribution in [2.75, 3.05) is 5.75 Å². The zero-order valence-electron chi connectivity index (χ0n) is 16.6. The SMILES string of the molecule is Cc1cc(C)n(Cc2nnc(SCC(=O)c3ccc(Cl)cc3)n2-c2ccccc2)n1. The van der Waals surface area contributed by atoms with Crippen LogP contribution in [0.3, 0.4) is 0 Å². The molecule has 2 aromatic heterocycles. The zero-order valence-corrected chi connectivity index (χ0v) is 18.2. The number of benzene rings is 2. The van der Waals surface area contributed by atoms with Crippen molar-refractivity contribution in [2.24, 2.45) is 0 Å². The predicted molar refractivity (Wildman–Crippen MR) is 119 cm³/mol. The largest absolute Gasteiger partial charge is 0.293 e. The molecule has 0 radical (unpaired) electrons. The van der Waals surface area contributed by atoms with E-state index < -0.39 is 0 Å². The van der Waals surface area contributed by atoms with Crippen LogP contribution in [0.1, 0.15) is 27.6 Å². The van der Waals surface area contributed by atoms with E-state index in [1.54, 1.807) is 24.3 Å². The van der Waals surface area contributed by atoms with E-state index >= 15 is 0 Å². The maximum absolute atomic E-state index is 12.6. The molecular formula is C22H20ClN5OS. The summed E-state index contributed by atoms with van der Waals surface area (Å²) in [5.74, 6) is 1.03. The first-order valence-corrected chi connectivity index (χ1v) is 10.8. The lowest BCUT2D eigenvalue weighted by molar-refractivity contribution is 0.102. The molecule has 0 unspecified atom stereocenters. The first-order chi connectivity index (χ1) is 14.5. The number of halogens is 1. The summed E-state index contributed by atoms with van der Waals surface area (Å²) in [6.07, 6.45) is 0. The summed E-state index contributed by atoms with van der Waals surface area (Å²) in [4.78, 5) is 12.6. The van der Waals surface area contributed by atoms with Crippen LogP contribution in [0.4, 0.5) is 0 Å². The van der Waals surface area contributed by atoms with E-state index in [-0.39, 0.29) is 11.5 Å². The van der Waals surface area contributed by atoms with Crippen LogP contribution in [0.25, 0.3) is 5.69 Å². The average Bonchev–Trinajstić information content (AvgIpc) is 3.29. The van der Waals surface area contributed by atoms with E-state index in [4.69, 9.17) is 11.6 Å². The fraction of sp³-hybridized carbons (Fsp3) is 0.182. The summed E-state index contributed by atoms with van der Waals surface area (Å²) in [6, 6.07) is 18.8. The van der Waals surface area contributed by atoms with Gasteiger partial charge >= 0.3 is 0 Å². The molecule has 0 N–H and O–H groups in total. The van der Waals surface area contributed by atoms with Crippen molar-refractivity contribution in [3.05, 3.63) is 88.5 Å². The molecule has 4 aromatic rings. The number of Topliss-reactive ketones (excluding diaryl/α,β-unsaturated/α-hetero) is 1. The summed E-state index contributed by atoms with van der Waals surface area (Å²) in [5, 5.41) is 14.6. The molecule has 0 atom stereocenters. The third-order valence-electron chi connectivity index (χ3n) is 4.61. The highest BCUT2D eigenvalue weighted by Gasteiger charge is 2.17. The Hall–Kier alpha value is -2.90. The first kappa shape index (κ1) is 20.4. The van der Waals surface area contributed by atoms with Crippen LogP contribution < -0.4 is 0 Å². The van der Waals surface area contributed by atoms with Gasteiger partial charge in [0.05, 0.1) is 11.4 Å². The summed E-state index contributed by atoms with van der Waals surface area (Å²) >= 11 is 7.28. The smallest absolute Gasteiger partial charge is 0.196 e. The van der Waals surface area contributed by atoms with Gasteiger partial charge in [0.25, 0.3) is 0 Å². The highest BCUT2D eigenvalue weighted by atomic mass is 35.5. The van der Waals surface area contributed by atoms with Gasteiger partial charge in [-0.25, -0.2) is 0 Å². The molecule has 6 nitrogen and oxygen atoms in total. The minimum Gasteiger partial charge on any atom is -0.293 e. The van der Waals surface area contributed by atoms with E-state index in [0.717, 1.165) is 22.9 Å². The van der Waals surface area contributed by atoms with Crippen molar-refractivity contribution in [2.45, 2.75) is 25.5 Å². The maximum Gasteiger partial charge on any atom is 0.196 e. The first-order valence-electron chi connectivity index (χ1n) is 9.43. The third kappa shape index (κ3) is 4.47. The van der Waals surface area contributed by atoms with E-state index in [0.29, 0.717) is 22.3 Å². The predicted octanol–water partition coefficient (Wildman–Crippen LogP) is 4.76. The second kappa shape index (κ2) is 8.85. The van der Waals surface area contributed by atoms with Gasteiger partial charge in [-0.3, -0.25) is 14.0 Å². The molecule has 0 amide bonds. The maximum atomic E-state index is 12.6. The molecule has 0 aliphatic rings. The van der Waals surface area contributed by atoms with Crippen molar-refractivity contribution in [1.29, 1.82) is 0 Å². The van der Waals surface area contributed by atoms with Gasteiger partial charge in [0.2, 0.25) is 0 Å². The van der Waals surface area contributed by atoms with Crippen molar-refractivity contribution in [3.8, 4) is 5.69 Å². The number of ketones is 1. The normalized spacial score (nSPS) is 11.0. The monoisotopic (exact) mass is 437 g/mol. The number of para-hydroxylation sites is 1. The fourth-order valence-corrected chi connectivity index (χ4v) is 4.14. The molecule has 2 heterocycles. The molecule has 4 rings (SSSR count). The number of carbonyl (C=O) groups is 1. The summed E-state index contributed by atoms with van der Waals surface area (Å²) in [5.41, 5.74) is 3.59. The number of hydrogen-bond donors (Lipinski definition) is 0. The molecule has 2 aromatic carbocycles. The van der Waals surface area contributed by atoms with Crippen LogP contribution in [0, 0.1) is 13.8 Å². The van der Waals surface area contributed by atoms with Gasteiger partial charge in [-0.05, 0) is 56.3 Å². The van der Waals surface area contributed by atoms with E-state index in [1.807, 2.05) is 59.5 Å². The molecule has 0 fully saturated rings. The molecule has 0 saturated carbocycles. The molecule has 0 saturated heterocycles. The standard InChI is InChI=1S/C22H20ClN5OS/c1-15-12-16(2)27(26-15)13-21-24-25-22(28(21)19-6-4-3-5-7-19)30-14-20(29)17-8-10-18(23)11-9-17/h3-12H,13-14H2,1-2H3. The number of rotatable bonds is 7. The van der Waals surface area contributed by atoms with Gasteiger partial charge < -0.3 is 0 Å². The summed E-state index contributed by atoms with van der Waals surface area (Å²) in [6.45, 7) is 4.48. The Bertz CT molecular complexity index is 1170. The van der Waals surface area contributed by atoms with E-state index in [9.17, 15) is 4.79 Å². The molecule has 8 heteroatoms. The lowest BCUT2D eigenvalue weighted by atomic mass is 10.1. The molecule has 152 valence electrons. The highest BCUT2D eigenvalue weighted by molar-refractivity contribution is 7.99. The molecule has 0 aliphatic heterocycles. The Morgan fingerprint density at radius 1 is 1.03 bits per heavy atom. The fourth-order valence-electron chi connectivity index (χ4n) is 3.15. The Kier molecular flexibility index (Phi) is 6.01. The lowest BCUT2D eigenvalue weighted by Gasteiger charge is -2.11. The molecular weight excluding hydrogens is 418 g/mol. The van der Waals surface area contributed by atoms with Gasteiger partial charge in [-0.1, -0.05) is 41.6 Å². The van der Waals surface area contributed by atoms with Crippen LogP contribution in [0.2, 0.25) is 5.02 Å². The Morgan fingerprint density at radius 2 is 1.77 bits per heavy atom. The number of aromatic nitrogens is 5. The number of aryl methyl sites for hydroxylation is 2. The van der Waals surface area contributed by atoms with Gasteiger partial charge in [0.1, 0.15) is 6.54 Å². The van der Waals surface area contributed by atoms with Crippen LogP contribution in [-0.4, -0.2) is 36.1 Å². The Balaban J connectivity index is 1.61. The van der Waals surface area contributed by atoms with Crippen LogP contribution in [0.5, 0.6) is 0 Å². The van der Waals surface area contributed by atoms with Crippen molar-refractivity contribution in [3.63, 3.8) is 0 Å². The van der Waals surface area contributed by atoms with Crippen LogP contribution >= 0.6 is 23.4 Å². The van der Waals surface area contributed by atoms with Crippen molar-refractivity contribution < 1.29 is 4.79 Å². The zero-order chi connectivity index (χ0) is 21.1. The third-order valence-corrected chi connectivity index (χ3v) is 5.79. The Morgan fingerprint density at radius 3 is 2.43 bits per heavy atom. The van der Waals surface area contributed by atoms with Crippen LogP contribution in [-0.2, 0) is 6.54 Å². The van der Waals surface area contributed by atoms with Gasteiger partial charge in [0, 0.05) is 22.0 Å². The molecule has 0 bridgehead atoms. The topological polar surface area (TPSA) is 65.6 Å². The quantitative estimate of drug-likeness (QED) is 0.308. The molecule has 30 heavy (non-hydrogen) atoms. The summed E-state index contributed by atoms with van der Waals surface area (Å²) in [7, 11) is 0. The van der Waals surface area contributed by atoms with Gasteiger partial charge in [-0.2, -0.15) is 5.10 Å². The minimum absolute atomic E-state index is 0.0133. The highest BCUT2D eigenvalue weighted by Crippen LogP contribution is 2.24. The molecule has 0 aliphatic carbocycles. The Labute approximate surface area is 183 Å². The second-order valence-corrected chi connectivity index (χ2v) is 8.25. The number of nitrogens with zero attached hydrogens (tertiary/aromatic N) is 5. The number of carbonyl (C=O) groups excluding carboxylic acids is 1. The van der Waals surface area contributed by atoms with E-state index in [1.165, 1.54) is 11.8 Å².